The summed E-state index contributed by atoms with van der Waals surface area (Å²) in [5.41, 5.74) is 4.11. The number of benzene rings is 2. The highest BCUT2D eigenvalue weighted by molar-refractivity contribution is 5.85. The first-order valence-corrected chi connectivity index (χ1v) is 6.66. The van der Waals surface area contributed by atoms with Crippen LogP contribution in [0.25, 0.3) is 10.9 Å². The maximum atomic E-state index is 9.28. The van der Waals surface area contributed by atoms with Crippen LogP contribution >= 0.6 is 0 Å². The highest BCUT2D eigenvalue weighted by Crippen LogP contribution is 2.26. The molecule has 0 aliphatic carbocycles. The number of ether oxygens (including phenoxy) is 1. The third-order valence-corrected chi connectivity index (χ3v) is 3.54. The van der Waals surface area contributed by atoms with Crippen molar-refractivity contribution in [3.63, 3.8) is 0 Å². The van der Waals surface area contributed by atoms with Crippen molar-refractivity contribution in [1.82, 2.24) is 4.98 Å². The normalized spacial score (nSPS) is 10.9. The topological polar surface area (TPSA) is 45.2 Å². The molecule has 0 saturated heterocycles. The second kappa shape index (κ2) is 5.39. The number of hydrogen-bond acceptors (Lipinski definition) is 2. The van der Waals surface area contributed by atoms with Gasteiger partial charge in [-0.25, -0.2) is 0 Å². The second-order valence-electron chi connectivity index (χ2n) is 4.87. The number of aliphatic hydroxyl groups excluding tert-OH is 1. The molecule has 1 aromatic heterocycles. The van der Waals surface area contributed by atoms with Crippen LogP contribution in [0.5, 0.6) is 5.75 Å². The lowest BCUT2D eigenvalue weighted by Gasteiger charge is -2.06. The number of H-pyrrole nitrogens is 1. The third kappa shape index (κ3) is 2.40. The molecule has 0 bridgehead atoms. The van der Waals surface area contributed by atoms with Gasteiger partial charge < -0.3 is 14.8 Å². The molecule has 0 fully saturated rings. The minimum Gasteiger partial charge on any atom is -0.489 e. The van der Waals surface area contributed by atoms with Crippen molar-refractivity contribution in [2.45, 2.75) is 20.1 Å². The van der Waals surface area contributed by atoms with Gasteiger partial charge in [0.25, 0.3) is 0 Å². The zero-order valence-electron chi connectivity index (χ0n) is 11.4. The molecule has 0 unspecified atom stereocenters. The summed E-state index contributed by atoms with van der Waals surface area (Å²) in [5.74, 6) is 0.841. The van der Waals surface area contributed by atoms with E-state index in [1.54, 1.807) is 0 Å². The fourth-order valence-electron chi connectivity index (χ4n) is 2.35. The van der Waals surface area contributed by atoms with Gasteiger partial charge in [-0.1, -0.05) is 30.3 Å². The average Bonchev–Trinajstić information content (AvgIpc) is 2.82. The monoisotopic (exact) mass is 267 g/mol. The lowest BCUT2D eigenvalue weighted by molar-refractivity contribution is 0.277. The SMILES string of the molecule is Cc1c(CO)[nH]c2ccc(OCc3ccccc3)cc12. The molecule has 0 aliphatic heterocycles. The second-order valence-corrected chi connectivity index (χ2v) is 4.87. The van der Waals surface area contributed by atoms with E-state index < -0.39 is 0 Å². The van der Waals surface area contributed by atoms with Crippen molar-refractivity contribution >= 4 is 10.9 Å². The lowest BCUT2D eigenvalue weighted by atomic mass is 10.1. The van der Waals surface area contributed by atoms with Crippen LogP contribution in [0.2, 0.25) is 0 Å². The number of nitrogens with one attached hydrogen (secondary N) is 1. The van der Waals surface area contributed by atoms with Crippen LogP contribution in [0.1, 0.15) is 16.8 Å². The van der Waals surface area contributed by atoms with Gasteiger partial charge in [0.15, 0.2) is 0 Å². The fourth-order valence-corrected chi connectivity index (χ4v) is 2.35. The largest absolute Gasteiger partial charge is 0.489 e. The van der Waals surface area contributed by atoms with Gasteiger partial charge in [0, 0.05) is 16.6 Å². The number of aromatic amines is 1. The van der Waals surface area contributed by atoms with Gasteiger partial charge >= 0.3 is 0 Å². The van der Waals surface area contributed by atoms with Crippen molar-refractivity contribution in [2.24, 2.45) is 0 Å². The minimum atomic E-state index is 0.0285. The molecule has 0 saturated carbocycles. The van der Waals surface area contributed by atoms with E-state index in [1.165, 1.54) is 0 Å². The number of aliphatic hydroxyl groups is 1. The Morgan fingerprint density at radius 3 is 2.65 bits per heavy atom. The maximum absolute atomic E-state index is 9.28. The van der Waals surface area contributed by atoms with E-state index in [-0.39, 0.29) is 6.61 Å². The number of fused-ring (bicyclic) bond motifs is 1. The van der Waals surface area contributed by atoms with Gasteiger partial charge in [0.1, 0.15) is 12.4 Å². The Bertz CT molecular complexity index is 716. The van der Waals surface area contributed by atoms with Crippen LogP contribution < -0.4 is 4.74 Å². The molecule has 3 heteroatoms. The summed E-state index contributed by atoms with van der Waals surface area (Å²) < 4.78 is 5.82. The Balaban J connectivity index is 1.84. The Morgan fingerprint density at radius 2 is 1.90 bits per heavy atom. The van der Waals surface area contributed by atoms with Crippen LogP contribution in [0.15, 0.2) is 48.5 Å². The van der Waals surface area contributed by atoms with E-state index in [9.17, 15) is 5.11 Å². The van der Waals surface area contributed by atoms with Crippen molar-refractivity contribution < 1.29 is 9.84 Å². The Hall–Kier alpha value is -2.26. The number of aryl methyl sites for hydroxylation is 1. The molecule has 3 nitrogen and oxygen atoms in total. The molecule has 1 heterocycles. The molecular weight excluding hydrogens is 250 g/mol. The smallest absolute Gasteiger partial charge is 0.120 e. The zero-order chi connectivity index (χ0) is 13.9. The predicted octanol–water partition coefficient (Wildman–Crippen LogP) is 3.55. The number of hydrogen-bond donors (Lipinski definition) is 2. The number of aromatic nitrogens is 1. The molecular formula is C17H17NO2. The van der Waals surface area contributed by atoms with E-state index in [1.807, 2.05) is 55.5 Å². The zero-order valence-corrected chi connectivity index (χ0v) is 11.4. The summed E-state index contributed by atoms with van der Waals surface area (Å²) in [6, 6.07) is 16.0. The van der Waals surface area contributed by atoms with Crippen LogP contribution in [0.4, 0.5) is 0 Å². The number of rotatable bonds is 4. The van der Waals surface area contributed by atoms with Crippen molar-refractivity contribution in [1.29, 1.82) is 0 Å². The van der Waals surface area contributed by atoms with E-state index in [0.717, 1.165) is 33.5 Å². The van der Waals surface area contributed by atoms with Crippen LogP contribution in [-0.2, 0) is 13.2 Å². The molecule has 2 N–H and O–H groups in total. The van der Waals surface area contributed by atoms with Crippen LogP contribution in [0, 0.1) is 6.92 Å². The summed E-state index contributed by atoms with van der Waals surface area (Å²) in [4.78, 5) is 3.21. The molecule has 0 atom stereocenters. The van der Waals surface area contributed by atoms with E-state index in [4.69, 9.17) is 4.74 Å². The van der Waals surface area contributed by atoms with Gasteiger partial charge in [-0.15, -0.1) is 0 Å². The average molecular weight is 267 g/mol. The summed E-state index contributed by atoms with van der Waals surface area (Å²) in [5, 5.41) is 10.4. The molecule has 20 heavy (non-hydrogen) atoms. The third-order valence-electron chi connectivity index (χ3n) is 3.54. The van der Waals surface area contributed by atoms with E-state index in [2.05, 4.69) is 4.98 Å². The van der Waals surface area contributed by atoms with Crippen molar-refractivity contribution in [3.05, 3.63) is 65.4 Å². The summed E-state index contributed by atoms with van der Waals surface area (Å²) in [6.07, 6.45) is 0. The molecule has 3 aromatic rings. The Labute approximate surface area is 117 Å². The van der Waals surface area contributed by atoms with E-state index >= 15 is 0 Å². The molecule has 0 aliphatic rings. The van der Waals surface area contributed by atoms with Gasteiger partial charge in [-0.2, -0.15) is 0 Å². The molecule has 3 rings (SSSR count). The standard InChI is InChI=1S/C17H17NO2/c1-12-15-9-14(7-8-16(15)18-17(12)10-19)20-11-13-5-3-2-4-6-13/h2-9,18-19H,10-11H2,1H3. The summed E-state index contributed by atoms with van der Waals surface area (Å²) in [7, 11) is 0. The van der Waals surface area contributed by atoms with Gasteiger partial charge in [-0.3, -0.25) is 0 Å². The first-order valence-electron chi connectivity index (χ1n) is 6.66. The first-order chi connectivity index (χ1) is 9.78. The molecule has 2 aromatic carbocycles. The molecule has 0 amide bonds. The fraction of sp³-hybridized carbons (Fsp3) is 0.176. The summed E-state index contributed by atoms with van der Waals surface area (Å²) >= 11 is 0. The predicted molar refractivity (Wildman–Crippen MR) is 79.7 cm³/mol. The van der Waals surface area contributed by atoms with Crippen LogP contribution in [-0.4, -0.2) is 10.1 Å². The van der Waals surface area contributed by atoms with Crippen molar-refractivity contribution in [3.8, 4) is 5.75 Å². The quantitative estimate of drug-likeness (QED) is 0.759. The van der Waals surface area contributed by atoms with Gasteiger partial charge in [-0.05, 0) is 36.2 Å². The first kappa shape index (κ1) is 12.8. The Morgan fingerprint density at radius 1 is 1.10 bits per heavy atom. The van der Waals surface area contributed by atoms with Gasteiger partial charge in [0.05, 0.1) is 6.61 Å². The molecule has 102 valence electrons. The lowest BCUT2D eigenvalue weighted by Crippen LogP contribution is -1.94. The molecule has 0 radical (unpaired) electrons. The van der Waals surface area contributed by atoms with Crippen molar-refractivity contribution in [2.75, 3.05) is 0 Å². The molecule has 0 spiro atoms. The highest BCUT2D eigenvalue weighted by Gasteiger charge is 2.07. The van der Waals surface area contributed by atoms with Crippen LogP contribution in [0.3, 0.4) is 0 Å². The minimum absolute atomic E-state index is 0.0285. The maximum Gasteiger partial charge on any atom is 0.120 e. The highest BCUT2D eigenvalue weighted by atomic mass is 16.5. The Kier molecular flexibility index (Phi) is 3.44. The van der Waals surface area contributed by atoms with E-state index in [0.29, 0.717) is 6.61 Å². The summed E-state index contributed by atoms with van der Waals surface area (Å²) in [6.45, 7) is 2.59. The van der Waals surface area contributed by atoms with Gasteiger partial charge in [0.2, 0.25) is 0 Å².